The zero-order valence-electron chi connectivity index (χ0n) is 9.93. The van der Waals surface area contributed by atoms with Gasteiger partial charge in [0.25, 0.3) is 10.2 Å². The van der Waals surface area contributed by atoms with Gasteiger partial charge in [0.1, 0.15) is 0 Å². The molecule has 2 saturated heterocycles. The molecule has 0 aliphatic carbocycles. The van der Waals surface area contributed by atoms with Crippen molar-refractivity contribution >= 4 is 10.2 Å². The van der Waals surface area contributed by atoms with Crippen LogP contribution in [0.2, 0.25) is 0 Å². The number of piperazine rings is 1. The number of rotatable bonds is 2. The summed E-state index contributed by atoms with van der Waals surface area (Å²) in [7, 11) is -3.16. The molecule has 0 saturated carbocycles. The van der Waals surface area contributed by atoms with Crippen LogP contribution >= 0.6 is 0 Å². The van der Waals surface area contributed by atoms with Gasteiger partial charge in [0.15, 0.2) is 0 Å². The Morgan fingerprint density at radius 2 is 1.50 bits per heavy atom. The van der Waals surface area contributed by atoms with E-state index in [4.69, 9.17) is 0 Å². The summed E-state index contributed by atoms with van der Waals surface area (Å²) in [6.45, 7) is 6.70. The summed E-state index contributed by atoms with van der Waals surface area (Å²) < 4.78 is 27.9. The zero-order valence-corrected chi connectivity index (χ0v) is 10.7. The summed E-state index contributed by atoms with van der Waals surface area (Å²) in [4.78, 5) is 0. The third kappa shape index (κ3) is 2.56. The number of hydrogen-bond acceptors (Lipinski definition) is 2. The Morgan fingerprint density at radius 1 is 1.00 bits per heavy atom. The van der Waals surface area contributed by atoms with E-state index in [-0.39, 0.29) is 0 Å². The Balaban J connectivity index is 2.00. The Hall–Kier alpha value is -0.170. The Kier molecular flexibility index (Phi) is 3.84. The lowest BCUT2D eigenvalue weighted by atomic mass is 10.0. The van der Waals surface area contributed by atoms with Gasteiger partial charge in [0.2, 0.25) is 0 Å². The highest BCUT2D eigenvalue weighted by atomic mass is 32.2. The minimum Gasteiger partial charge on any atom is -0.344 e. The number of quaternary nitrogens is 1. The first-order chi connectivity index (χ1) is 7.60. The van der Waals surface area contributed by atoms with E-state index in [1.54, 1.807) is 8.61 Å². The second-order valence-electron chi connectivity index (χ2n) is 4.85. The van der Waals surface area contributed by atoms with Gasteiger partial charge in [-0.3, -0.25) is 0 Å². The summed E-state index contributed by atoms with van der Waals surface area (Å²) in [6.07, 6.45) is 2.00. The molecule has 0 bridgehead atoms. The predicted molar refractivity (Wildman–Crippen MR) is 62.1 cm³/mol. The van der Waals surface area contributed by atoms with Crippen molar-refractivity contribution in [3.8, 4) is 0 Å². The topological polar surface area (TPSA) is 57.2 Å². The maximum absolute atomic E-state index is 12.3. The van der Waals surface area contributed by atoms with Crippen LogP contribution in [0.1, 0.15) is 19.8 Å². The molecule has 16 heavy (non-hydrogen) atoms. The van der Waals surface area contributed by atoms with Crippen molar-refractivity contribution in [2.45, 2.75) is 19.8 Å². The SMILES string of the molecule is CC1CCN(S(=O)(=O)N2CC[NH2+]CC2)CC1. The van der Waals surface area contributed by atoms with E-state index in [1.807, 2.05) is 0 Å². The molecule has 0 aromatic carbocycles. The van der Waals surface area contributed by atoms with E-state index in [0.717, 1.165) is 25.9 Å². The maximum Gasteiger partial charge on any atom is 0.282 e. The number of hydrogen-bond donors (Lipinski definition) is 1. The zero-order chi connectivity index (χ0) is 11.6. The molecule has 2 rings (SSSR count). The lowest BCUT2D eigenvalue weighted by molar-refractivity contribution is -0.661. The van der Waals surface area contributed by atoms with Gasteiger partial charge in [-0.2, -0.15) is 17.0 Å². The first kappa shape index (κ1) is 12.3. The quantitative estimate of drug-likeness (QED) is 0.670. The van der Waals surface area contributed by atoms with Crippen molar-refractivity contribution in [1.82, 2.24) is 8.61 Å². The molecular weight excluding hydrogens is 226 g/mol. The molecule has 0 radical (unpaired) electrons. The fourth-order valence-electron chi connectivity index (χ4n) is 2.34. The van der Waals surface area contributed by atoms with Crippen molar-refractivity contribution in [3.05, 3.63) is 0 Å². The van der Waals surface area contributed by atoms with Gasteiger partial charge < -0.3 is 5.32 Å². The van der Waals surface area contributed by atoms with E-state index >= 15 is 0 Å². The minimum atomic E-state index is -3.16. The maximum atomic E-state index is 12.3. The average Bonchev–Trinajstić information content (AvgIpc) is 2.31. The second kappa shape index (κ2) is 5.00. The third-order valence-corrected chi connectivity index (χ3v) is 5.60. The predicted octanol–water partition coefficient (Wildman–Crippen LogP) is -1.16. The van der Waals surface area contributed by atoms with E-state index in [0.29, 0.717) is 32.1 Å². The van der Waals surface area contributed by atoms with Gasteiger partial charge in [-0.25, -0.2) is 0 Å². The van der Waals surface area contributed by atoms with Gasteiger partial charge in [0.05, 0.1) is 26.2 Å². The lowest BCUT2D eigenvalue weighted by Crippen LogP contribution is -2.90. The van der Waals surface area contributed by atoms with Crippen LogP contribution in [-0.2, 0) is 10.2 Å². The molecule has 5 nitrogen and oxygen atoms in total. The standard InChI is InChI=1S/C10H21N3O2S/c1-10-2-6-12(7-3-10)16(14,15)13-8-4-11-5-9-13/h10-11H,2-9H2,1H3/p+1. The molecule has 2 N–H and O–H groups in total. The van der Waals surface area contributed by atoms with Crippen molar-refractivity contribution < 1.29 is 13.7 Å². The molecule has 2 heterocycles. The molecule has 2 fully saturated rings. The summed E-state index contributed by atoms with van der Waals surface area (Å²) in [5.74, 6) is 0.668. The molecular formula is C10H22N3O2S+. The fourth-order valence-corrected chi connectivity index (χ4v) is 4.01. The van der Waals surface area contributed by atoms with Crippen molar-refractivity contribution in [2.75, 3.05) is 39.3 Å². The highest BCUT2D eigenvalue weighted by Crippen LogP contribution is 2.20. The Labute approximate surface area is 98.0 Å². The summed E-state index contributed by atoms with van der Waals surface area (Å²) in [5, 5.41) is 2.17. The normalized spacial score (nSPS) is 27.1. The summed E-state index contributed by atoms with van der Waals surface area (Å²) in [6, 6.07) is 0. The molecule has 0 aromatic heterocycles. The first-order valence-electron chi connectivity index (χ1n) is 6.17. The van der Waals surface area contributed by atoms with Crippen molar-refractivity contribution in [3.63, 3.8) is 0 Å². The Bertz CT molecular complexity index is 317. The summed E-state index contributed by atoms with van der Waals surface area (Å²) >= 11 is 0. The summed E-state index contributed by atoms with van der Waals surface area (Å²) in [5.41, 5.74) is 0. The molecule has 2 aliphatic rings. The van der Waals surface area contributed by atoms with Gasteiger partial charge in [0, 0.05) is 13.1 Å². The molecule has 0 spiro atoms. The van der Waals surface area contributed by atoms with Crippen LogP contribution in [0.3, 0.4) is 0 Å². The van der Waals surface area contributed by atoms with Crippen LogP contribution in [0.15, 0.2) is 0 Å². The monoisotopic (exact) mass is 248 g/mol. The molecule has 0 aromatic rings. The van der Waals surface area contributed by atoms with Crippen LogP contribution in [0.5, 0.6) is 0 Å². The van der Waals surface area contributed by atoms with Gasteiger partial charge in [-0.15, -0.1) is 0 Å². The lowest BCUT2D eigenvalue weighted by Gasteiger charge is -2.34. The van der Waals surface area contributed by atoms with Crippen molar-refractivity contribution in [2.24, 2.45) is 5.92 Å². The minimum absolute atomic E-state index is 0.661. The van der Waals surface area contributed by atoms with Crippen LogP contribution in [0.25, 0.3) is 0 Å². The smallest absolute Gasteiger partial charge is 0.282 e. The van der Waals surface area contributed by atoms with Crippen LogP contribution in [0, 0.1) is 5.92 Å². The fraction of sp³-hybridized carbons (Fsp3) is 1.00. The third-order valence-electron chi connectivity index (χ3n) is 3.56. The first-order valence-corrected chi connectivity index (χ1v) is 7.57. The Morgan fingerprint density at radius 3 is 2.06 bits per heavy atom. The number of nitrogens with two attached hydrogens (primary N) is 1. The van der Waals surface area contributed by atoms with Crippen molar-refractivity contribution in [1.29, 1.82) is 0 Å². The largest absolute Gasteiger partial charge is 0.344 e. The van der Waals surface area contributed by atoms with E-state index in [1.165, 1.54) is 0 Å². The van der Waals surface area contributed by atoms with Gasteiger partial charge in [-0.1, -0.05) is 6.92 Å². The van der Waals surface area contributed by atoms with Gasteiger partial charge >= 0.3 is 0 Å². The molecule has 0 atom stereocenters. The van der Waals surface area contributed by atoms with Crippen LogP contribution in [0.4, 0.5) is 0 Å². The highest BCUT2D eigenvalue weighted by Gasteiger charge is 2.33. The van der Waals surface area contributed by atoms with E-state index in [9.17, 15) is 8.42 Å². The van der Waals surface area contributed by atoms with Crippen LogP contribution in [-0.4, -0.2) is 56.3 Å². The van der Waals surface area contributed by atoms with Gasteiger partial charge in [-0.05, 0) is 18.8 Å². The number of piperidine rings is 1. The van der Waals surface area contributed by atoms with Crippen LogP contribution < -0.4 is 5.32 Å². The molecule has 6 heteroatoms. The molecule has 2 aliphatic heterocycles. The second-order valence-corrected chi connectivity index (χ2v) is 6.78. The highest BCUT2D eigenvalue weighted by molar-refractivity contribution is 7.86. The number of nitrogens with zero attached hydrogens (tertiary/aromatic N) is 2. The van der Waals surface area contributed by atoms with E-state index in [2.05, 4.69) is 12.2 Å². The average molecular weight is 248 g/mol. The molecule has 0 unspecified atom stereocenters. The molecule has 0 amide bonds. The van der Waals surface area contributed by atoms with E-state index < -0.39 is 10.2 Å². The molecule has 94 valence electrons.